The fourth-order valence-electron chi connectivity index (χ4n) is 5.20. The molecule has 4 unspecified atom stereocenters. The van der Waals surface area contributed by atoms with Crippen molar-refractivity contribution in [1.29, 1.82) is 0 Å². The number of piperidine rings is 1. The third-order valence-electron chi connectivity index (χ3n) is 6.06. The first-order valence-corrected chi connectivity index (χ1v) is 9.41. The Hall–Kier alpha value is -1.55. The smallest absolute Gasteiger partial charge is 0.302 e. The summed E-state index contributed by atoms with van der Waals surface area (Å²) in [7, 11) is 0. The van der Waals surface area contributed by atoms with Crippen LogP contribution in [0.1, 0.15) is 56.1 Å². The molecule has 130 valence electrons. The highest BCUT2D eigenvalue weighted by molar-refractivity contribution is 5.66. The van der Waals surface area contributed by atoms with Crippen LogP contribution in [0.2, 0.25) is 0 Å². The van der Waals surface area contributed by atoms with E-state index in [4.69, 9.17) is 4.74 Å². The number of hydrogen-bond donors (Lipinski definition) is 1. The lowest BCUT2D eigenvalue weighted by molar-refractivity contribution is -0.143. The number of rotatable bonds is 4. The molecule has 0 radical (unpaired) electrons. The average Bonchev–Trinajstić information content (AvgIpc) is 2.99. The Bertz CT molecular complexity index is 630. The highest BCUT2D eigenvalue weighted by Gasteiger charge is 2.44. The van der Waals surface area contributed by atoms with Crippen molar-refractivity contribution in [2.45, 2.75) is 51.0 Å². The van der Waals surface area contributed by atoms with Gasteiger partial charge in [-0.05, 0) is 43.0 Å². The Morgan fingerprint density at radius 3 is 3.04 bits per heavy atom. The zero-order valence-electron chi connectivity index (χ0n) is 14.8. The van der Waals surface area contributed by atoms with E-state index in [1.54, 1.807) is 11.1 Å². The van der Waals surface area contributed by atoms with Crippen LogP contribution in [0.3, 0.4) is 0 Å². The molecular weight excluding hydrogens is 300 g/mol. The molecule has 0 amide bonds. The normalized spacial score (nSPS) is 31.1. The Kier molecular flexibility index (Phi) is 4.25. The number of hydrogen-bond acceptors (Lipinski definition) is 4. The summed E-state index contributed by atoms with van der Waals surface area (Å²) in [5, 5.41) is 3.60. The molecule has 4 heteroatoms. The minimum absolute atomic E-state index is 0.160. The molecule has 1 saturated heterocycles. The van der Waals surface area contributed by atoms with Crippen molar-refractivity contribution in [3.63, 3.8) is 0 Å². The summed E-state index contributed by atoms with van der Waals surface area (Å²) in [5.74, 6) is 1.54. The number of benzene rings is 1. The Labute approximate surface area is 144 Å². The van der Waals surface area contributed by atoms with E-state index < -0.39 is 0 Å². The predicted molar refractivity (Wildman–Crippen MR) is 95.4 cm³/mol. The van der Waals surface area contributed by atoms with Crippen LogP contribution in [0, 0.1) is 5.92 Å². The van der Waals surface area contributed by atoms with Crippen molar-refractivity contribution in [2.75, 3.05) is 31.6 Å². The number of esters is 1. The van der Waals surface area contributed by atoms with Gasteiger partial charge in [0.2, 0.25) is 0 Å². The van der Waals surface area contributed by atoms with Crippen LogP contribution in [-0.4, -0.2) is 43.2 Å². The zero-order chi connectivity index (χ0) is 16.7. The number of carbonyl (C=O) groups excluding carboxylic acids is 1. The van der Waals surface area contributed by atoms with Gasteiger partial charge in [-0.25, -0.2) is 0 Å². The number of anilines is 1. The van der Waals surface area contributed by atoms with E-state index in [1.807, 2.05) is 0 Å². The molecule has 0 bridgehead atoms. The van der Waals surface area contributed by atoms with Gasteiger partial charge < -0.3 is 10.1 Å². The molecule has 3 aliphatic rings. The van der Waals surface area contributed by atoms with Gasteiger partial charge >= 0.3 is 5.97 Å². The molecule has 4 nitrogen and oxygen atoms in total. The molecule has 1 fully saturated rings. The lowest BCUT2D eigenvalue weighted by atomic mass is 9.68. The molecule has 24 heavy (non-hydrogen) atoms. The van der Waals surface area contributed by atoms with Crippen molar-refractivity contribution < 1.29 is 9.53 Å². The first-order chi connectivity index (χ1) is 11.7. The van der Waals surface area contributed by atoms with Crippen molar-refractivity contribution in [3.05, 3.63) is 29.3 Å². The maximum Gasteiger partial charge on any atom is 0.302 e. The summed E-state index contributed by atoms with van der Waals surface area (Å²) < 4.78 is 5.35. The number of ether oxygens (including phenoxy) is 1. The third kappa shape index (κ3) is 2.71. The molecule has 1 aromatic rings. The van der Waals surface area contributed by atoms with E-state index in [1.165, 1.54) is 25.5 Å². The standard InChI is InChI=1S/C20H28N2O2/c1-3-7-22-11-14(12-24-13(2)23)8-17-16-5-4-6-18-20(16)15(10-21-18)9-19(17)22/h4-6,14-15,17,19,21H,3,7-12H2,1-2H3. The van der Waals surface area contributed by atoms with Gasteiger partial charge in [0.15, 0.2) is 0 Å². The molecule has 4 atom stereocenters. The second-order valence-corrected chi connectivity index (χ2v) is 7.70. The lowest BCUT2D eigenvalue weighted by Crippen LogP contribution is -2.51. The van der Waals surface area contributed by atoms with Gasteiger partial charge in [-0.15, -0.1) is 0 Å². The van der Waals surface area contributed by atoms with Crippen LogP contribution >= 0.6 is 0 Å². The molecule has 2 aliphatic heterocycles. The van der Waals surface area contributed by atoms with Gasteiger partial charge in [0, 0.05) is 49.5 Å². The van der Waals surface area contributed by atoms with E-state index in [0.717, 1.165) is 26.1 Å². The summed E-state index contributed by atoms with van der Waals surface area (Å²) in [6, 6.07) is 7.41. The van der Waals surface area contributed by atoms with E-state index in [2.05, 4.69) is 35.3 Å². The molecule has 1 N–H and O–H groups in total. The predicted octanol–water partition coefficient (Wildman–Crippen LogP) is 3.35. The SMILES string of the molecule is CCCN1CC(COC(C)=O)CC2c3cccc4c3C(CN4)CC21. The van der Waals surface area contributed by atoms with Gasteiger partial charge in [-0.3, -0.25) is 9.69 Å². The maximum absolute atomic E-state index is 11.2. The summed E-state index contributed by atoms with van der Waals surface area (Å²) in [6.45, 7) is 7.64. The quantitative estimate of drug-likeness (QED) is 0.861. The Morgan fingerprint density at radius 2 is 2.25 bits per heavy atom. The second kappa shape index (κ2) is 6.40. The Morgan fingerprint density at radius 1 is 1.38 bits per heavy atom. The third-order valence-corrected chi connectivity index (χ3v) is 6.06. The van der Waals surface area contributed by atoms with Crippen LogP contribution in [0.5, 0.6) is 0 Å². The second-order valence-electron chi connectivity index (χ2n) is 7.70. The van der Waals surface area contributed by atoms with Gasteiger partial charge in [-0.1, -0.05) is 19.1 Å². The Balaban J connectivity index is 1.63. The molecule has 0 saturated carbocycles. The first kappa shape index (κ1) is 15.9. The highest BCUT2D eigenvalue weighted by Crippen LogP contribution is 2.51. The van der Waals surface area contributed by atoms with Gasteiger partial charge in [0.05, 0.1) is 6.61 Å². The topological polar surface area (TPSA) is 41.6 Å². The summed E-state index contributed by atoms with van der Waals surface area (Å²) in [6.07, 6.45) is 3.59. The zero-order valence-corrected chi connectivity index (χ0v) is 14.8. The largest absolute Gasteiger partial charge is 0.466 e. The average molecular weight is 328 g/mol. The van der Waals surface area contributed by atoms with Crippen LogP contribution in [0.15, 0.2) is 18.2 Å². The van der Waals surface area contributed by atoms with Crippen LogP contribution in [0.4, 0.5) is 5.69 Å². The van der Waals surface area contributed by atoms with E-state index in [0.29, 0.717) is 30.4 Å². The summed E-state index contributed by atoms with van der Waals surface area (Å²) in [5.41, 5.74) is 4.47. The first-order valence-electron chi connectivity index (χ1n) is 9.41. The number of carbonyl (C=O) groups is 1. The van der Waals surface area contributed by atoms with Crippen molar-refractivity contribution in [3.8, 4) is 0 Å². The highest BCUT2D eigenvalue weighted by atomic mass is 16.5. The molecular formula is C20H28N2O2. The van der Waals surface area contributed by atoms with E-state index in [9.17, 15) is 4.79 Å². The van der Waals surface area contributed by atoms with Crippen LogP contribution in [-0.2, 0) is 9.53 Å². The molecule has 0 aromatic heterocycles. The minimum atomic E-state index is -0.160. The molecule has 0 spiro atoms. The molecule has 1 aliphatic carbocycles. The summed E-state index contributed by atoms with van der Waals surface area (Å²) >= 11 is 0. The van der Waals surface area contributed by atoms with Crippen molar-refractivity contribution >= 4 is 11.7 Å². The summed E-state index contributed by atoms with van der Waals surface area (Å²) in [4.78, 5) is 13.9. The minimum Gasteiger partial charge on any atom is -0.466 e. The van der Waals surface area contributed by atoms with Gasteiger partial charge in [0.1, 0.15) is 0 Å². The fraction of sp³-hybridized carbons (Fsp3) is 0.650. The van der Waals surface area contributed by atoms with Gasteiger partial charge in [-0.2, -0.15) is 0 Å². The van der Waals surface area contributed by atoms with E-state index >= 15 is 0 Å². The number of fused-ring (bicyclic) bond motifs is 2. The molecule has 4 rings (SSSR count). The monoisotopic (exact) mass is 328 g/mol. The van der Waals surface area contributed by atoms with Crippen LogP contribution < -0.4 is 5.32 Å². The number of likely N-dealkylation sites (tertiary alicyclic amines) is 1. The molecule has 2 heterocycles. The lowest BCUT2D eigenvalue weighted by Gasteiger charge is -2.49. The number of nitrogens with zero attached hydrogens (tertiary/aromatic N) is 1. The molecule has 1 aromatic carbocycles. The fourth-order valence-corrected chi connectivity index (χ4v) is 5.20. The van der Waals surface area contributed by atoms with E-state index in [-0.39, 0.29) is 5.97 Å². The van der Waals surface area contributed by atoms with Crippen molar-refractivity contribution in [2.24, 2.45) is 5.92 Å². The maximum atomic E-state index is 11.2. The van der Waals surface area contributed by atoms with Crippen molar-refractivity contribution in [1.82, 2.24) is 4.90 Å². The van der Waals surface area contributed by atoms with Crippen LogP contribution in [0.25, 0.3) is 0 Å². The number of nitrogens with one attached hydrogen (secondary N) is 1. The van der Waals surface area contributed by atoms with Gasteiger partial charge in [0.25, 0.3) is 0 Å².